The second-order valence-corrected chi connectivity index (χ2v) is 6.45. The molecule has 28 heavy (non-hydrogen) atoms. The molecule has 0 aliphatic rings. The summed E-state index contributed by atoms with van der Waals surface area (Å²) in [5, 5.41) is 8.84. The SMILES string of the molecule is CC(NC(=O)c1cccc(NC(=O)CNc2ccccc2)c1)c1ccccc1. The average Bonchev–Trinajstić information content (AvgIpc) is 2.74. The second kappa shape index (κ2) is 9.37. The average molecular weight is 373 g/mol. The van der Waals surface area contributed by atoms with E-state index in [4.69, 9.17) is 0 Å². The van der Waals surface area contributed by atoms with Crippen molar-refractivity contribution in [1.82, 2.24) is 5.32 Å². The number of hydrogen-bond donors (Lipinski definition) is 3. The third-order valence-electron chi connectivity index (χ3n) is 4.28. The summed E-state index contributed by atoms with van der Waals surface area (Å²) < 4.78 is 0. The zero-order valence-electron chi connectivity index (χ0n) is 15.7. The number of para-hydroxylation sites is 1. The predicted octanol–water partition coefficient (Wildman–Crippen LogP) is 4.23. The molecule has 0 heterocycles. The van der Waals surface area contributed by atoms with Gasteiger partial charge in [-0.05, 0) is 42.8 Å². The monoisotopic (exact) mass is 373 g/mol. The molecule has 0 aliphatic carbocycles. The molecule has 5 nitrogen and oxygen atoms in total. The molecule has 3 rings (SSSR count). The summed E-state index contributed by atoms with van der Waals surface area (Å²) in [7, 11) is 0. The molecule has 0 fully saturated rings. The standard InChI is InChI=1S/C23H23N3O2/c1-17(18-9-4-2-5-10-18)25-23(28)19-11-8-14-21(15-19)26-22(27)16-24-20-12-6-3-7-13-20/h2-15,17,24H,16H2,1H3,(H,25,28)(H,26,27). The van der Waals surface area contributed by atoms with Gasteiger partial charge in [0.15, 0.2) is 0 Å². The van der Waals surface area contributed by atoms with Gasteiger partial charge >= 0.3 is 0 Å². The van der Waals surface area contributed by atoms with E-state index in [9.17, 15) is 9.59 Å². The van der Waals surface area contributed by atoms with Crippen molar-refractivity contribution in [3.8, 4) is 0 Å². The molecule has 1 atom stereocenters. The molecule has 5 heteroatoms. The van der Waals surface area contributed by atoms with Crippen LogP contribution in [0.1, 0.15) is 28.9 Å². The first-order valence-electron chi connectivity index (χ1n) is 9.16. The Kier molecular flexibility index (Phi) is 6.41. The van der Waals surface area contributed by atoms with Gasteiger partial charge in [-0.3, -0.25) is 9.59 Å². The zero-order chi connectivity index (χ0) is 19.8. The van der Waals surface area contributed by atoms with E-state index in [0.717, 1.165) is 11.3 Å². The number of amides is 2. The topological polar surface area (TPSA) is 70.2 Å². The largest absolute Gasteiger partial charge is 0.376 e. The first-order chi connectivity index (χ1) is 13.6. The fraction of sp³-hybridized carbons (Fsp3) is 0.130. The van der Waals surface area contributed by atoms with Gasteiger partial charge in [-0.1, -0.05) is 54.6 Å². The number of anilines is 2. The maximum Gasteiger partial charge on any atom is 0.251 e. The first kappa shape index (κ1) is 19.2. The smallest absolute Gasteiger partial charge is 0.251 e. The quantitative estimate of drug-likeness (QED) is 0.580. The van der Waals surface area contributed by atoms with E-state index in [1.165, 1.54) is 0 Å². The lowest BCUT2D eigenvalue weighted by atomic mass is 10.1. The molecular formula is C23H23N3O2. The van der Waals surface area contributed by atoms with Crippen molar-refractivity contribution >= 4 is 23.2 Å². The highest BCUT2D eigenvalue weighted by Gasteiger charge is 2.12. The van der Waals surface area contributed by atoms with Crippen molar-refractivity contribution in [3.63, 3.8) is 0 Å². The van der Waals surface area contributed by atoms with Crippen molar-refractivity contribution < 1.29 is 9.59 Å². The minimum atomic E-state index is -0.185. The molecule has 142 valence electrons. The van der Waals surface area contributed by atoms with E-state index in [0.29, 0.717) is 11.3 Å². The van der Waals surface area contributed by atoms with Crippen molar-refractivity contribution in [3.05, 3.63) is 96.1 Å². The van der Waals surface area contributed by atoms with Crippen LogP contribution in [0.25, 0.3) is 0 Å². The Hall–Kier alpha value is -3.60. The maximum absolute atomic E-state index is 12.5. The van der Waals surface area contributed by atoms with Crippen LogP contribution in [-0.4, -0.2) is 18.4 Å². The Morgan fingerprint density at radius 3 is 2.18 bits per heavy atom. The van der Waals surface area contributed by atoms with E-state index < -0.39 is 0 Å². The van der Waals surface area contributed by atoms with Crippen LogP contribution in [-0.2, 0) is 4.79 Å². The molecule has 0 saturated heterocycles. The first-order valence-corrected chi connectivity index (χ1v) is 9.16. The van der Waals surface area contributed by atoms with Gasteiger partial charge in [-0.15, -0.1) is 0 Å². The molecule has 2 amide bonds. The van der Waals surface area contributed by atoms with Crippen LogP contribution in [0.5, 0.6) is 0 Å². The second-order valence-electron chi connectivity index (χ2n) is 6.45. The summed E-state index contributed by atoms with van der Waals surface area (Å²) in [6.45, 7) is 2.08. The summed E-state index contributed by atoms with van der Waals surface area (Å²) in [5.74, 6) is -0.367. The third kappa shape index (κ3) is 5.45. The molecular weight excluding hydrogens is 350 g/mol. The molecule has 0 radical (unpaired) electrons. The number of nitrogens with one attached hydrogen (secondary N) is 3. The molecule has 0 bridgehead atoms. The minimum Gasteiger partial charge on any atom is -0.376 e. The Balaban J connectivity index is 1.57. The lowest BCUT2D eigenvalue weighted by Crippen LogP contribution is -2.27. The molecule has 0 spiro atoms. The van der Waals surface area contributed by atoms with E-state index in [1.54, 1.807) is 24.3 Å². The van der Waals surface area contributed by atoms with Gasteiger partial charge in [0.2, 0.25) is 5.91 Å². The lowest BCUT2D eigenvalue weighted by Gasteiger charge is -2.15. The summed E-state index contributed by atoms with van der Waals surface area (Å²) in [5.41, 5.74) is 2.99. The van der Waals surface area contributed by atoms with Crippen molar-refractivity contribution in [2.24, 2.45) is 0 Å². The summed E-state index contributed by atoms with van der Waals surface area (Å²) in [6.07, 6.45) is 0. The Morgan fingerprint density at radius 1 is 0.821 bits per heavy atom. The Bertz CT molecular complexity index is 927. The Labute approximate surface area is 164 Å². The van der Waals surface area contributed by atoms with Crippen LogP contribution in [0, 0.1) is 0 Å². The lowest BCUT2D eigenvalue weighted by molar-refractivity contribution is -0.114. The number of carbonyl (C=O) groups excluding carboxylic acids is 2. The molecule has 3 aromatic rings. The number of hydrogen-bond acceptors (Lipinski definition) is 3. The third-order valence-corrected chi connectivity index (χ3v) is 4.28. The van der Waals surface area contributed by atoms with Crippen molar-refractivity contribution in [1.29, 1.82) is 0 Å². The predicted molar refractivity (Wildman–Crippen MR) is 112 cm³/mol. The molecule has 1 unspecified atom stereocenters. The van der Waals surface area contributed by atoms with Gasteiger partial charge in [-0.2, -0.15) is 0 Å². The van der Waals surface area contributed by atoms with Gasteiger partial charge in [0.25, 0.3) is 5.91 Å². The van der Waals surface area contributed by atoms with E-state index in [1.807, 2.05) is 67.6 Å². The van der Waals surface area contributed by atoms with Gasteiger partial charge in [0.1, 0.15) is 0 Å². The van der Waals surface area contributed by atoms with Crippen LogP contribution in [0.3, 0.4) is 0 Å². The van der Waals surface area contributed by atoms with Crippen LogP contribution < -0.4 is 16.0 Å². The van der Waals surface area contributed by atoms with Crippen LogP contribution >= 0.6 is 0 Å². The van der Waals surface area contributed by atoms with Crippen LogP contribution in [0.15, 0.2) is 84.9 Å². The molecule has 0 aliphatic heterocycles. The van der Waals surface area contributed by atoms with Crippen molar-refractivity contribution in [2.75, 3.05) is 17.2 Å². The van der Waals surface area contributed by atoms with Gasteiger partial charge in [-0.25, -0.2) is 0 Å². The van der Waals surface area contributed by atoms with Gasteiger partial charge < -0.3 is 16.0 Å². The van der Waals surface area contributed by atoms with Crippen LogP contribution in [0.4, 0.5) is 11.4 Å². The highest BCUT2D eigenvalue weighted by atomic mass is 16.2. The highest BCUT2D eigenvalue weighted by molar-refractivity contribution is 5.98. The number of carbonyl (C=O) groups is 2. The molecule has 0 aromatic heterocycles. The van der Waals surface area contributed by atoms with Gasteiger partial charge in [0.05, 0.1) is 12.6 Å². The Morgan fingerprint density at radius 2 is 1.46 bits per heavy atom. The number of rotatable bonds is 7. The van der Waals surface area contributed by atoms with Gasteiger partial charge in [0, 0.05) is 16.9 Å². The van der Waals surface area contributed by atoms with E-state index in [-0.39, 0.29) is 24.4 Å². The normalized spacial score (nSPS) is 11.3. The molecule has 3 aromatic carbocycles. The molecule has 3 N–H and O–H groups in total. The summed E-state index contributed by atoms with van der Waals surface area (Å²) in [6, 6.07) is 26.1. The summed E-state index contributed by atoms with van der Waals surface area (Å²) >= 11 is 0. The van der Waals surface area contributed by atoms with E-state index in [2.05, 4.69) is 16.0 Å². The van der Waals surface area contributed by atoms with E-state index >= 15 is 0 Å². The number of benzene rings is 3. The summed E-state index contributed by atoms with van der Waals surface area (Å²) in [4.78, 5) is 24.7. The minimum absolute atomic E-state index is 0.109. The van der Waals surface area contributed by atoms with Crippen molar-refractivity contribution in [2.45, 2.75) is 13.0 Å². The maximum atomic E-state index is 12.5. The zero-order valence-corrected chi connectivity index (χ0v) is 15.7. The molecule has 0 saturated carbocycles. The fourth-order valence-corrected chi connectivity index (χ4v) is 2.79. The van der Waals surface area contributed by atoms with Crippen LogP contribution in [0.2, 0.25) is 0 Å². The highest BCUT2D eigenvalue weighted by Crippen LogP contribution is 2.15. The fourth-order valence-electron chi connectivity index (χ4n) is 2.79.